The standard InChI is InChI=1S/C11H13N5O3S/c12-10-14-8-7(9(17)15-10)20-11(18)16(8)6-2-1-5(3-6)4-13-19/h5-6H,1-4H2,(H3,12,14,15,17). The van der Waals surface area contributed by atoms with Gasteiger partial charge in [-0.05, 0) is 25.2 Å². The molecule has 1 fully saturated rings. The highest BCUT2D eigenvalue weighted by atomic mass is 32.1. The van der Waals surface area contributed by atoms with Gasteiger partial charge in [0.1, 0.15) is 4.70 Å². The second-order valence-corrected chi connectivity index (χ2v) is 5.95. The van der Waals surface area contributed by atoms with Crippen LogP contribution >= 0.6 is 11.3 Å². The number of hydrogen-bond donors (Lipinski definition) is 2. The van der Waals surface area contributed by atoms with Crippen LogP contribution in [-0.2, 0) is 0 Å². The van der Waals surface area contributed by atoms with Crippen molar-refractivity contribution in [2.45, 2.75) is 25.3 Å². The summed E-state index contributed by atoms with van der Waals surface area (Å²) in [4.78, 5) is 40.5. The Labute approximate surface area is 116 Å². The number of H-pyrrole nitrogens is 1. The van der Waals surface area contributed by atoms with Gasteiger partial charge >= 0.3 is 4.87 Å². The first kappa shape index (κ1) is 13.0. The van der Waals surface area contributed by atoms with Crippen LogP contribution in [0.5, 0.6) is 0 Å². The molecule has 2 aromatic heterocycles. The molecule has 1 aliphatic carbocycles. The molecule has 0 bridgehead atoms. The second-order valence-electron chi connectivity index (χ2n) is 4.99. The third kappa shape index (κ3) is 2.03. The van der Waals surface area contributed by atoms with Crippen LogP contribution < -0.4 is 16.2 Å². The molecule has 0 aromatic carbocycles. The van der Waals surface area contributed by atoms with Gasteiger partial charge in [0.25, 0.3) is 5.56 Å². The van der Waals surface area contributed by atoms with E-state index in [1.165, 1.54) is 4.57 Å². The van der Waals surface area contributed by atoms with Crippen LogP contribution in [0.3, 0.4) is 0 Å². The molecule has 1 aliphatic rings. The van der Waals surface area contributed by atoms with E-state index in [4.69, 9.17) is 5.73 Å². The van der Waals surface area contributed by atoms with E-state index < -0.39 is 5.56 Å². The lowest BCUT2D eigenvalue weighted by Crippen LogP contribution is -2.19. The Hall–Kier alpha value is -2.03. The third-order valence-corrected chi connectivity index (χ3v) is 4.65. The van der Waals surface area contributed by atoms with E-state index in [1.807, 2.05) is 0 Å². The molecule has 1 saturated carbocycles. The van der Waals surface area contributed by atoms with Gasteiger partial charge in [-0.1, -0.05) is 16.5 Å². The summed E-state index contributed by atoms with van der Waals surface area (Å²) in [5, 5.41) is 2.92. The summed E-state index contributed by atoms with van der Waals surface area (Å²) in [5.74, 6) is 0.192. The Balaban J connectivity index is 2.08. The normalized spacial score (nSPS) is 22.4. The van der Waals surface area contributed by atoms with Gasteiger partial charge in [0.05, 0.1) is 6.54 Å². The van der Waals surface area contributed by atoms with E-state index in [1.54, 1.807) is 0 Å². The molecular formula is C11H13N5O3S. The van der Waals surface area contributed by atoms with Crippen LogP contribution in [0.1, 0.15) is 25.3 Å². The lowest BCUT2D eigenvalue weighted by molar-refractivity contribution is 0.484. The van der Waals surface area contributed by atoms with Crippen LogP contribution in [0.2, 0.25) is 0 Å². The second kappa shape index (κ2) is 4.82. The van der Waals surface area contributed by atoms with Crippen molar-refractivity contribution in [1.29, 1.82) is 0 Å². The van der Waals surface area contributed by atoms with Crippen LogP contribution in [0.4, 0.5) is 5.95 Å². The van der Waals surface area contributed by atoms with Crippen LogP contribution in [0.15, 0.2) is 14.8 Å². The molecule has 2 unspecified atom stereocenters. The van der Waals surface area contributed by atoms with Crippen molar-refractivity contribution in [1.82, 2.24) is 14.5 Å². The minimum absolute atomic E-state index is 0.00171. The number of nitroso groups, excluding NO2 is 1. The predicted octanol–water partition coefficient (Wildman–Crippen LogP) is 0.836. The SMILES string of the molecule is Nc1nc2c(sc(=O)n2C2CCC(CN=O)C2)c(=O)[nH]1. The molecule has 0 spiro atoms. The zero-order valence-corrected chi connectivity index (χ0v) is 11.4. The summed E-state index contributed by atoms with van der Waals surface area (Å²) in [6, 6.07) is -0.0447. The zero-order chi connectivity index (χ0) is 14.3. The number of nitrogens with one attached hydrogen (secondary N) is 1. The van der Waals surface area contributed by atoms with Crippen LogP contribution in [0, 0.1) is 10.8 Å². The van der Waals surface area contributed by atoms with E-state index >= 15 is 0 Å². The highest BCUT2D eigenvalue weighted by molar-refractivity contribution is 7.16. The molecule has 2 aromatic rings. The van der Waals surface area contributed by atoms with Crippen molar-refractivity contribution < 1.29 is 0 Å². The maximum Gasteiger partial charge on any atom is 0.309 e. The molecule has 0 saturated heterocycles. The number of rotatable bonds is 3. The van der Waals surface area contributed by atoms with Crippen molar-refractivity contribution in [2.24, 2.45) is 11.1 Å². The molecule has 2 heterocycles. The van der Waals surface area contributed by atoms with Crippen molar-refractivity contribution >= 4 is 27.6 Å². The van der Waals surface area contributed by atoms with Gasteiger partial charge in [-0.25, -0.2) is 0 Å². The number of aromatic nitrogens is 3. The molecule has 0 amide bonds. The first-order chi connectivity index (χ1) is 9.60. The fourth-order valence-corrected chi connectivity index (χ4v) is 3.71. The molecule has 9 heteroatoms. The van der Waals surface area contributed by atoms with E-state index in [0.717, 1.165) is 24.2 Å². The lowest BCUT2D eigenvalue weighted by Gasteiger charge is -2.11. The molecule has 20 heavy (non-hydrogen) atoms. The van der Waals surface area contributed by atoms with E-state index in [-0.39, 0.29) is 29.3 Å². The van der Waals surface area contributed by atoms with Crippen molar-refractivity contribution in [2.75, 3.05) is 12.3 Å². The van der Waals surface area contributed by atoms with Gasteiger partial charge in [0, 0.05) is 6.04 Å². The van der Waals surface area contributed by atoms with Gasteiger partial charge in [0.15, 0.2) is 5.65 Å². The number of aromatic amines is 1. The van der Waals surface area contributed by atoms with Crippen molar-refractivity contribution in [3.8, 4) is 0 Å². The Bertz CT molecular complexity index is 776. The molecule has 2 atom stereocenters. The Morgan fingerprint density at radius 1 is 1.45 bits per heavy atom. The molecule has 0 aliphatic heterocycles. The monoisotopic (exact) mass is 295 g/mol. The molecule has 8 nitrogen and oxygen atoms in total. The van der Waals surface area contributed by atoms with Gasteiger partial charge in [-0.15, -0.1) is 0 Å². The number of fused-ring (bicyclic) bond motifs is 1. The number of nitrogen functional groups attached to an aromatic ring is 1. The highest BCUT2D eigenvalue weighted by Crippen LogP contribution is 2.35. The minimum atomic E-state index is -0.391. The van der Waals surface area contributed by atoms with Crippen molar-refractivity contribution in [3.05, 3.63) is 24.9 Å². The number of nitrogens with two attached hydrogens (primary N) is 1. The van der Waals surface area contributed by atoms with E-state index in [0.29, 0.717) is 16.8 Å². The Kier molecular flexibility index (Phi) is 3.13. The average Bonchev–Trinajstić information content (AvgIpc) is 2.94. The number of thiazole rings is 1. The fourth-order valence-electron chi connectivity index (χ4n) is 2.82. The average molecular weight is 295 g/mol. The highest BCUT2D eigenvalue weighted by Gasteiger charge is 2.29. The Morgan fingerprint density at radius 2 is 2.25 bits per heavy atom. The summed E-state index contributed by atoms with van der Waals surface area (Å²) in [6.45, 7) is 0.267. The maximum absolute atomic E-state index is 12.1. The van der Waals surface area contributed by atoms with Gasteiger partial charge in [0.2, 0.25) is 5.95 Å². The summed E-state index contributed by atoms with van der Waals surface area (Å²) < 4.78 is 1.83. The molecule has 3 N–H and O–H groups in total. The zero-order valence-electron chi connectivity index (χ0n) is 10.5. The summed E-state index contributed by atoms with van der Waals surface area (Å²) >= 11 is 0.876. The van der Waals surface area contributed by atoms with Crippen LogP contribution in [0.25, 0.3) is 10.3 Å². The molecule has 3 rings (SSSR count). The summed E-state index contributed by atoms with van der Waals surface area (Å²) in [7, 11) is 0. The fraction of sp³-hybridized carbons (Fsp3) is 0.545. The van der Waals surface area contributed by atoms with Gasteiger partial charge in [-0.2, -0.15) is 9.89 Å². The number of hydrogen-bond acceptors (Lipinski definition) is 7. The molecular weight excluding hydrogens is 282 g/mol. The molecule has 0 radical (unpaired) electrons. The van der Waals surface area contributed by atoms with E-state index in [2.05, 4.69) is 15.1 Å². The maximum atomic E-state index is 12.1. The van der Waals surface area contributed by atoms with Crippen LogP contribution in [-0.4, -0.2) is 21.1 Å². The lowest BCUT2D eigenvalue weighted by atomic mass is 10.1. The molecule has 106 valence electrons. The Morgan fingerprint density at radius 3 is 3.00 bits per heavy atom. The van der Waals surface area contributed by atoms with Gasteiger partial charge in [-0.3, -0.25) is 19.1 Å². The number of anilines is 1. The topological polar surface area (TPSA) is 123 Å². The third-order valence-electron chi connectivity index (χ3n) is 3.70. The van der Waals surface area contributed by atoms with Crippen molar-refractivity contribution in [3.63, 3.8) is 0 Å². The summed E-state index contributed by atoms with van der Waals surface area (Å²) in [6.07, 6.45) is 2.32. The predicted molar refractivity (Wildman–Crippen MR) is 76.0 cm³/mol. The largest absolute Gasteiger partial charge is 0.369 e. The minimum Gasteiger partial charge on any atom is -0.369 e. The number of nitrogens with zero attached hydrogens (tertiary/aromatic N) is 3. The van der Waals surface area contributed by atoms with Gasteiger partial charge < -0.3 is 5.73 Å². The van der Waals surface area contributed by atoms with E-state index in [9.17, 15) is 14.5 Å². The first-order valence-corrected chi connectivity index (χ1v) is 7.11. The first-order valence-electron chi connectivity index (χ1n) is 6.30. The smallest absolute Gasteiger partial charge is 0.309 e. The quantitative estimate of drug-likeness (QED) is 0.812. The summed E-state index contributed by atoms with van der Waals surface area (Å²) in [5.41, 5.74) is 5.49.